The van der Waals surface area contributed by atoms with Gasteiger partial charge in [-0.25, -0.2) is 0 Å². The second-order valence-electron chi connectivity index (χ2n) is 5.30. The van der Waals surface area contributed by atoms with Crippen LogP contribution < -0.4 is 5.32 Å². The number of rotatable bonds is 3. The quantitative estimate of drug-likeness (QED) is 0.786. The Morgan fingerprint density at radius 2 is 1.72 bits per heavy atom. The third-order valence-corrected chi connectivity index (χ3v) is 3.57. The van der Waals surface area contributed by atoms with E-state index in [-0.39, 0.29) is 5.56 Å². The lowest BCUT2D eigenvalue weighted by Gasteiger charge is -2.08. The summed E-state index contributed by atoms with van der Waals surface area (Å²) >= 11 is 0. The molecule has 0 aliphatic heterocycles. The predicted molar refractivity (Wildman–Crippen MR) is 85.8 cm³/mol. The van der Waals surface area contributed by atoms with Crippen LogP contribution in [-0.2, 0) is 13.2 Å². The Balaban J connectivity index is 1.78. The topological polar surface area (TPSA) is 59.8 Å². The highest BCUT2D eigenvalue weighted by molar-refractivity contribution is 6.04. The Labute approximate surface area is 141 Å². The first-order valence-electron chi connectivity index (χ1n) is 7.27. The molecule has 0 atom stereocenters. The fourth-order valence-electron chi connectivity index (χ4n) is 2.25. The maximum atomic E-state index is 12.6. The van der Waals surface area contributed by atoms with Crippen molar-refractivity contribution >= 4 is 11.7 Å². The number of nitrogens with one attached hydrogen (secondary N) is 1. The highest BCUT2D eigenvalue weighted by Gasteiger charge is 2.30. The van der Waals surface area contributed by atoms with Gasteiger partial charge in [0.1, 0.15) is 5.82 Å². The summed E-state index contributed by atoms with van der Waals surface area (Å²) in [6, 6.07) is 9.27. The SMILES string of the molecule is Cn1nc(-c2ccncc2)cc1NC(=O)c1ccc(C(F)(F)F)cc1. The van der Waals surface area contributed by atoms with Crippen molar-refractivity contribution in [2.45, 2.75) is 6.18 Å². The number of carbonyl (C=O) groups is 1. The number of nitrogens with zero attached hydrogens (tertiary/aromatic N) is 3. The van der Waals surface area contributed by atoms with Crippen molar-refractivity contribution in [2.75, 3.05) is 5.32 Å². The summed E-state index contributed by atoms with van der Waals surface area (Å²) in [5.74, 6) is -0.0882. The second-order valence-corrected chi connectivity index (χ2v) is 5.30. The van der Waals surface area contributed by atoms with E-state index >= 15 is 0 Å². The van der Waals surface area contributed by atoms with E-state index in [1.807, 2.05) is 0 Å². The summed E-state index contributed by atoms with van der Waals surface area (Å²) in [7, 11) is 1.66. The predicted octanol–water partition coefficient (Wildman–Crippen LogP) is 3.75. The van der Waals surface area contributed by atoms with Crippen molar-refractivity contribution < 1.29 is 18.0 Å². The van der Waals surface area contributed by atoms with Crippen LogP contribution >= 0.6 is 0 Å². The number of hydrogen-bond donors (Lipinski definition) is 1. The first kappa shape index (κ1) is 16.7. The molecule has 1 amide bonds. The van der Waals surface area contributed by atoms with Gasteiger partial charge in [-0.15, -0.1) is 0 Å². The Kier molecular flexibility index (Phi) is 4.26. The molecule has 25 heavy (non-hydrogen) atoms. The average Bonchev–Trinajstić information content (AvgIpc) is 2.96. The van der Waals surface area contributed by atoms with Crippen LogP contribution in [0.3, 0.4) is 0 Å². The Morgan fingerprint density at radius 1 is 1.08 bits per heavy atom. The summed E-state index contributed by atoms with van der Waals surface area (Å²) in [4.78, 5) is 16.2. The van der Waals surface area contributed by atoms with Gasteiger partial charge in [-0.1, -0.05) is 0 Å². The minimum Gasteiger partial charge on any atom is -0.307 e. The largest absolute Gasteiger partial charge is 0.416 e. The molecule has 5 nitrogen and oxygen atoms in total. The van der Waals surface area contributed by atoms with E-state index in [0.29, 0.717) is 11.5 Å². The third kappa shape index (κ3) is 3.68. The number of carbonyl (C=O) groups excluding carboxylic acids is 1. The summed E-state index contributed by atoms with van der Waals surface area (Å²) in [6.45, 7) is 0. The van der Waals surface area contributed by atoms with Crippen molar-refractivity contribution in [3.63, 3.8) is 0 Å². The van der Waals surface area contributed by atoms with Crippen LogP contribution in [0.5, 0.6) is 0 Å². The Hall–Kier alpha value is -3.16. The van der Waals surface area contributed by atoms with E-state index in [4.69, 9.17) is 0 Å². The first-order valence-corrected chi connectivity index (χ1v) is 7.27. The molecule has 3 rings (SSSR count). The van der Waals surface area contributed by atoms with Crippen molar-refractivity contribution in [3.8, 4) is 11.3 Å². The number of amides is 1. The highest BCUT2D eigenvalue weighted by Crippen LogP contribution is 2.29. The fourth-order valence-corrected chi connectivity index (χ4v) is 2.25. The molecule has 0 aliphatic rings. The smallest absolute Gasteiger partial charge is 0.307 e. The molecule has 2 heterocycles. The molecule has 1 aromatic carbocycles. The molecule has 0 saturated carbocycles. The van der Waals surface area contributed by atoms with E-state index < -0.39 is 17.6 Å². The van der Waals surface area contributed by atoms with Crippen LogP contribution in [0, 0.1) is 0 Å². The lowest BCUT2D eigenvalue weighted by molar-refractivity contribution is -0.137. The number of alkyl halides is 3. The molecule has 0 unspecified atom stereocenters. The van der Waals surface area contributed by atoms with Crippen LogP contribution in [0.25, 0.3) is 11.3 Å². The van der Waals surface area contributed by atoms with Gasteiger partial charge in [-0.3, -0.25) is 14.5 Å². The number of anilines is 1. The van der Waals surface area contributed by atoms with E-state index in [0.717, 1.165) is 29.8 Å². The van der Waals surface area contributed by atoms with Gasteiger partial charge < -0.3 is 5.32 Å². The van der Waals surface area contributed by atoms with Crippen LogP contribution in [0.1, 0.15) is 15.9 Å². The summed E-state index contributed by atoms with van der Waals surface area (Å²) in [5, 5.41) is 6.94. The van der Waals surface area contributed by atoms with E-state index in [2.05, 4.69) is 15.4 Å². The monoisotopic (exact) mass is 346 g/mol. The lowest BCUT2D eigenvalue weighted by Crippen LogP contribution is -2.15. The fraction of sp³-hybridized carbons (Fsp3) is 0.118. The van der Waals surface area contributed by atoms with Crippen molar-refractivity contribution in [1.82, 2.24) is 14.8 Å². The number of hydrogen-bond acceptors (Lipinski definition) is 3. The summed E-state index contributed by atoms with van der Waals surface area (Å²) in [6.07, 6.45) is -1.18. The molecule has 0 saturated heterocycles. The normalized spacial score (nSPS) is 11.4. The Bertz CT molecular complexity index is 887. The average molecular weight is 346 g/mol. The van der Waals surface area contributed by atoms with Crippen molar-refractivity contribution in [2.24, 2.45) is 7.05 Å². The molecule has 0 bridgehead atoms. The number of aryl methyl sites for hydroxylation is 1. The minimum atomic E-state index is -4.43. The molecule has 3 aromatic rings. The highest BCUT2D eigenvalue weighted by atomic mass is 19.4. The van der Waals surface area contributed by atoms with Crippen molar-refractivity contribution in [3.05, 3.63) is 66.0 Å². The van der Waals surface area contributed by atoms with Gasteiger partial charge in [-0.2, -0.15) is 18.3 Å². The maximum absolute atomic E-state index is 12.6. The zero-order chi connectivity index (χ0) is 18.0. The van der Waals surface area contributed by atoms with Gasteiger partial charge in [0, 0.05) is 36.6 Å². The van der Waals surface area contributed by atoms with E-state index in [1.165, 1.54) is 4.68 Å². The Morgan fingerprint density at radius 3 is 2.32 bits per heavy atom. The van der Waals surface area contributed by atoms with Gasteiger partial charge in [-0.05, 0) is 36.4 Å². The summed E-state index contributed by atoms with van der Waals surface area (Å²) in [5.41, 5.74) is 0.803. The van der Waals surface area contributed by atoms with Crippen molar-refractivity contribution in [1.29, 1.82) is 0 Å². The van der Waals surface area contributed by atoms with Crippen LogP contribution in [0.4, 0.5) is 19.0 Å². The number of aromatic nitrogens is 3. The molecular formula is C17H13F3N4O. The molecule has 0 spiro atoms. The lowest BCUT2D eigenvalue weighted by atomic mass is 10.1. The van der Waals surface area contributed by atoms with E-state index in [1.54, 1.807) is 37.6 Å². The molecular weight excluding hydrogens is 333 g/mol. The van der Waals surface area contributed by atoms with Gasteiger partial charge in [0.2, 0.25) is 0 Å². The number of benzene rings is 1. The molecule has 0 fully saturated rings. The van der Waals surface area contributed by atoms with Crippen LogP contribution in [0.15, 0.2) is 54.9 Å². The molecule has 8 heteroatoms. The standard InChI is InChI=1S/C17H13F3N4O/c1-24-15(10-14(23-24)11-6-8-21-9-7-11)22-16(25)12-2-4-13(5-3-12)17(18,19)20/h2-10H,1H3,(H,22,25). The van der Waals surface area contributed by atoms with Gasteiger partial charge >= 0.3 is 6.18 Å². The summed E-state index contributed by atoms with van der Waals surface area (Å²) < 4.78 is 39.2. The molecule has 1 N–H and O–H groups in total. The second kappa shape index (κ2) is 6.39. The molecule has 128 valence electrons. The maximum Gasteiger partial charge on any atom is 0.416 e. The minimum absolute atomic E-state index is 0.125. The number of pyridine rings is 1. The van der Waals surface area contributed by atoms with Gasteiger partial charge in [0.05, 0.1) is 11.3 Å². The van der Waals surface area contributed by atoms with Gasteiger partial charge in [0.25, 0.3) is 5.91 Å². The van der Waals surface area contributed by atoms with Gasteiger partial charge in [0.15, 0.2) is 0 Å². The van der Waals surface area contributed by atoms with Crippen LogP contribution in [-0.4, -0.2) is 20.7 Å². The molecule has 0 aliphatic carbocycles. The third-order valence-electron chi connectivity index (χ3n) is 3.57. The zero-order valence-corrected chi connectivity index (χ0v) is 13.1. The molecule has 2 aromatic heterocycles. The first-order chi connectivity index (χ1) is 11.8. The zero-order valence-electron chi connectivity index (χ0n) is 13.1. The van der Waals surface area contributed by atoms with E-state index in [9.17, 15) is 18.0 Å². The van der Waals surface area contributed by atoms with Crippen LogP contribution in [0.2, 0.25) is 0 Å². The number of halogens is 3. The molecule has 0 radical (unpaired) electrons.